The van der Waals surface area contributed by atoms with Gasteiger partial charge in [0.05, 0.1) is 17.5 Å². The number of thioether (sulfide) groups is 1. The van der Waals surface area contributed by atoms with Crippen molar-refractivity contribution in [2.24, 2.45) is 0 Å². The summed E-state index contributed by atoms with van der Waals surface area (Å²) in [4.78, 5) is 22.4. The Morgan fingerprint density at radius 3 is 2.56 bits per heavy atom. The molecule has 1 amide bonds. The first kappa shape index (κ1) is 23.8. The molecule has 8 heteroatoms. The number of hydrogen-bond acceptors (Lipinski definition) is 6. The number of carbonyl (C=O) groups is 1. The summed E-state index contributed by atoms with van der Waals surface area (Å²) in [5.41, 5.74) is 5.40. The molecular formula is C28H28N6OS. The van der Waals surface area contributed by atoms with E-state index in [2.05, 4.69) is 65.9 Å². The highest BCUT2D eigenvalue weighted by Gasteiger charge is 2.34. The second kappa shape index (κ2) is 10.4. The van der Waals surface area contributed by atoms with Crippen molar-refractivity contribution in [3.63, 3.8) is 0 Å². The first-order chi connectivity index (χ1) is 17.5. The van der Waals surface area contributed by atoms with Crippen molar-refractivity contribution in [1.82, 2.24) is 19.7 Å². The molecule has 0 aliphatic carbocycles. The molecule has 3 heterocycles. The van der Waals surface area contributed by atoms with E-state index < -0.39 is 6.04 Å². The quantitative estimate of drug-likeness (QED) is 0.305. The van der Waals surface area contributed by atoms with Crippen LogP contribution in [-0.2, 0) is 10.5 Å². The number of benzene rings is 2. The molecule has 36 heavy (non-hydrogen) atoms. The van der Waals surface area contributed by atoms with Crippen molar-refractivity contribution in [3.05, 3.63) is 107 Å². The van der Waals surface area contributed by atoms with Crippen molar-refractivity contribution in [3.8, 4) is 0 Å². The Morgan fingerprint density at radius 2 is 1.86 bits per heavy atom. The number of fused-ring (bicyclic) bond motifs is 1. The third kappa shape index (κ3) is 5.04. The van der Waals surface area contributed by atoms with Crippen molar-refractivity contribution < 1.29 is 4.79 Å². The first-order valence-corrected chi connectivity index (χ1v) is 12.9. The van der Waals surface area contributed by atoms with E-state index in [0.717, 1.165) is 17.0 Å². The molecule has 2 aromatic heterocycles. The predicted octanol–water partition coefficient (Wildman–Crippen LogP) is 6.02. The number of amides is 1. The number of anilines is 2. The van der Waals surface area contributed by atoms with Gasteiger partial charge in [0.2, 0.25) is 11.1 Å². The summed E-state index contributed by atoms with van der Waals surface area (Å²) in [7, 11) is 0. The van der Waals surface area contributed by atoms with Crippen LogP contribution in [-0.4, -0.2) is 25.7 Å². The summed E-state index contributed by atoms with van der Waals surface area (Å²) in [6, 6.07) is 21.8. The molecule has 2 aromatic carbocycles. The molecule has 0 radical (unpaired) electrons. The zero-order valence-electron chi connectivity index (χ0n) is 20.5. The van der Waals surface area contributed by atoms with Crippen LogP contribution in [0.1, 0.15) is 49.4 Å². The second-order valence-corrected chi connectivity index (χ2v) is 9.96. The Balaban J connectivity index is 1.50. The van der Waals surface area contributed by atoms with Crippen LogP contribution in [0.15, 0.2) is 95.6 Å². The smallest absolute Gasteiger partial charge is 0.255 e. The van der Waals surface area contributed by atoms with Gasteiger partial charge in [0.25, 0.3) is 5.91 Å². The number of rotatable bonds is 7. The topological polar surface area (TPSA) is 84.7 Å². The van der Waals surface area contributed by atoms with Crippen molar-refractivity contribution >= 4 is 29.3 Å². The van der Waals surface area contributed by atoms with Crippen LogP contribution in [0.4, 0.5) is 11.6 Å². The van der Waals surface area contributed by atoms with Crippen LogP contribution in [0.3, 0.4) is 0 Å². The molecule has 4 aromatic rings. The van der Waals surface area contributed by atoms with Crippen LogP contribution in [0.2, 0.25) is 0 Å². The first-order valence-electron chi connectivity index (χ1n) is 11.9. The molecule has 1 aliphatic heterocycles. The largest absolute Gasteiger partial charge is 0.328 e. The molecule has 0 saturated carbocycles. The number of allylic oxidation sites excluding steroid dienone is 1. The molecular weight excluding hydrogens is 468 g/mol. The average molecular weight is 497 g/mol. The van der Waals surface area contributed by atoms with Gasteiger partial charge >= 0.3 is 0 Å². The zero-order chi connectivity index (χ0) is 25.1. The maximum absolute atomic E-state index is 13.6. The predicted molar refractivity (Wildman–Crippen MR) is 144 cm³/mol. The van der Waals surface area contributed by atoms with Gasteiger partial charge in [-0.15, -0.1) is 5.10 Å². The van der Waals surface area contributed by atoms with E-state index in [0.29, 0.717) is 28.3 Å². The fraction of sp³-hybridized carbons (Fsp3) is 0.214. The minimum Gasteiger partial charge on any atom is -0.328 e. The lowest BCUT2D eigenvalue weighted by atomic mass is 9.93. The standard InChI is InChI=1S/C28H28N6OS/c1-18(2)21-11-13-22(14-12-21)25-24(26(35)31-23-10-7-15-29-16-23)19(3)30-27-32-28(33-34(25)27)36-17-20-8-5-4-6-9-20/h4-16,18,25H,17H2,1-3H3,(H,31,35)(H,30,32,33). The van der Waals surface area contributed by atoms with Gasteiger partial charge in [-0.25, -0.2) is 4.68 Å². The van der Waals surface area contributed by atoms with E-state index >= 15 is 0 Å². The highest BCUT2D eigenvalue weighted by Crippen LogP contribution is 2.37. The Bertz CT molecular complexity index is 1380. The van der Waals surface area contributed by atoms with E-state index in [1.165, 1.54) is 11.1 Å². The monoisotopic (exact) mass is 496 g/mol. The zero-order valence-corrected chi connectivity index (χ0v) is 21.3. The van der Waals surface area contributed by atoms with E-state index in [1.807, 2.05) is 35.9 Å². The second-order valence-electron chi connectivity index (χ2n) is 9.02. The Labute approximate surface area is 215 Å². The van der Waals surface area contributed by atoms with Gasteiger partial charge in [0.15, 0.2) is 0 Å². The fourth-order valence-corrected chi connectivity index (χ4v) is 5.00. The minimum absolute atomic E-state index is 0.203. The average Bonchev–Trinajstić information content (AvgIpc) is 3.30. The van der Waals surface area contributed by atoms with Crippen LogP contribution in [0.5, 0.6) is 0 Å². The number of nitrogens with zero attached hydrogens (tertiary/aromatic N) is 4. The number of pyridine rings is 1. The number of carbonyl (C=O) groups excluding carboxylic acids is 1. The Morgan fingerprint density at radius 1 is 1.08 bits per heavy atom. The highest BCUT2D eigenvalue weighted by atomic mass is 32.2. The molecule has 0 fully saturated rings. The van der Waals surface area contributed by atoms with Gasteiger partial charge in [-0.2, -0.15) is 4.98 Å². The summed E-state index contributed by atoms with van der Waals surface area (Å²) in [5.74, 6) is 1.60. The van der Waals surface area contributed by atoms with E-state index in [1.54, 1.807) is 30.2 Å². The van der Waals surface area contributed by atoms with Crippen molar-refractivity contribution in [2.75, 3.05) is 10.6 Å². The van der Waals surface area contributed by atoms with Crippen LogP contribution < -0.4 is 10.6 Å². The van der Waals surface area contributed by atoms with E-state index in [9.17, 15) is 4.79 Å². The minimum atomic E-state index is -0.419. The van der Waals surface area contributed by atoms with Gasteiger partial charge in [-0.05, 0) is 41.7 Å². The SMILES string of the molecule is CC1=C(C(=O)Nc2cccnc2)C(c2ccc(C(C)C)cc2)n2nc(SCc3ccccc3)nc2N1. The molecule has 0 saturated heterocycles. The van der Waals surface area contributed by atoms with Crippen molar-refractivity contribution in [2.45, 2.75) is 43.6 Å². The third-order valence-electron chi connectivity index (χ3n) is 6.13. The highest BCUT2D eigenvalue weighted by molar-refractivity contribution is 7.98. The number of aromatic nitrogens is 4. The molecule has 0 bridgehead atoms. The summed E-state index contributed by atoms with van der Waals surface area (Å²) in [6.45, 7) is 6.24. The normalized spacial score (nSPS) is 14.9. The molecule has 0 spiro atoms. The maximum atomic E-state index is 13.6. The molecule has 1 atom stereocenters. The third-order valence-corrected chi connectivity index (χ3v) is 7.04. The lowest BCUT2D eigenvalue weighted by molar-refractivity contribution is -0.113. The molecule has 5 rings (SSSR count). The number of nitrogens with one attached hydrogen (secondary N) is 2. The van der Waals surface area contributed by atoms with E-state index in [4.69, 9.17) is 10.1 Å². The summed E-state index contributed by atoms with van der Waals surface area (Å²) >= 11 is 1.57. The summed E-state index contributed by atoms with van der Waals surface area (Å²) < 4.78 is 1.82. The molecule has 1 unspecified atom stereocenters. The molecule has 2 N–H and O–H groups in total. The van der Waals surface area contributed by atoms with Gasteiger partial charge in [-0.1, -0.05) is 80.2 Å². The number of hydrogen-bond donors (Lipinski definition) is 2. The van der Waals surface area contributed by atoms with Crippen LogP contribution in [0.25, 0.3) is 0 Å². The summed E-state index contributed by atoms with van der Waals surface area (Å²) in [6.07, 6.45) is 3.31. The fourth-order valence-electron chi connectivity index (χ4n) is 4.22. The lowest BCUT2D eigenvalue weighted by Gasteiger charge is -2.28. The Hall–Kier alpha value is -3.91. The van der Waals surface area contributed by atoms with Gasteiger partial charge in [0.1, 0.15) is 6.04 Å². The van der Waals surface area contributed by atoms with Crippen LogP contribution in [0, 0.1) is 0 Å². The van der Waals surface area contributed by atoms with Crippen molar-refractivity contribution in [1.29, 1.82) is 0 Å². The maximum Gasteiger partial charge on any atom is 0.255 e. The molecule has 7 nitrogen and oxygen atoms in total. The van der Waals surface area contributed by atoms with Gasteiger partial charge < -0.3 is 10.6 Å². The lowest BCUT2D eigenvalue weighted by Crippen LogP contribution is -2.31. The van der Waals surface area contributed by atoms with Gasteiger partial charge in [-0.3, -0.25) is 9.78 Å². The van der Waals surface area contributed by atoms with Gasteiger partial charge in [0, 0.05) is 17.6 Å². The van der Waals surface area contributed by atoms with Crippen LogP contribution >= 0.6 is 11.8 Å². The molecule has 182 valence electrons. The molecule has 1 aliphatic rings. The summed E-state index contributed by atoms with van der Waals surface area (Å²) in [5, 5.41) is 11.8. The Kier molecular flexibility index (Phi) is 6.86. The van der Waals surface area contributed by atoms with E-state index in [-0.39, 0.29) is 5.91 Å².